The lowest BCUT2D eigenvalue weighted by atomic mass is 10.2. The van der Waals surface area contributed by atoms with Gasteiger partial charge in [0.1, 0.15) is 5.52 Å². The molecule has 0 aliphatic rings. The second-order valence-corrected chi connectivity index (χ2v) is 4.55. The molecular formula is C13H15N7. The maximum Gasteiger partial charge on any atom is 0.224 e. The molecule has 3 N–H and O–H groups in total. The number of pyridine rings is 1. The van der Waals surface area contributed by atoms with Crippen LogP contribution in [0, 0.1) is 0 Å². The number of H-pyrrole nitrogens is 1. The van der Waals surface area contributed by atoms with Crippen molar-refractivity contribution in [2.24, 2.45) is 0 Å². The zero-order valence-corrected chi connectivity index (χ0v) is 11.3. The van der Waals surface area contributed by atoms with Crippen LogP contribution in [0.1, 0.15) is 18.7 Å². The number of fused-ring (bicyclic) bond motifs is 1. The number of aromatic amines is 1. The lowest BCUT2D eigenvalue weighted by Crippen LogP contribution is -2.24. The zero-order valence-electron chi connectivity index (χ0n) is 11.3. The van der Waals surface area contributed by atoms with E-state index in [2.05, 4.69) is 31.8 Å². The molecule has 0 radical (unpaired) electrons. The Balaban J connectivity index is 2.04. The van der Waals surface area contributed by atoms with Crippen LogP contribution in [0.15, 0.2) is 30.7 Å². The molecular weight excluding hydrogens is 254 g/mol. The van der Waals surface area contributed by atoms with Gasteiger partial charge in [0.05, 0.1) is 18.1 Å². The average Bonchev–Trinajstić information content (AvgIpc) is 2.94. The number of aromatic nitrogens is 5. The van der Waals surface area contributed by atoms with Gasteiger partial charge in [-0.2, -0.15) is 9.97 Å². The fourth-order valence-electron chi connectivity index (χ4n) is 2.09. The van der Waals surface area contributed by atoms with Crippen LogP contribution in [-0.4, -0.2) is 32.0 Å². The molecule has 0 saturated heterocycles. The molecule has 3 aromatic rings. The van der Waals surface area contributed by atoms with Gasteiger partial charge in [0, 0.05) is 13.2 Å². The fourth-order valence-corrected chi connectivity index (χ4v) is 2.09. The van der Waals surface area contributed by atoms with Crippen molar-refractivity contribution in [1.82, 2.24) is 24.9 Å². The van der Waals surface area contributed by atoms with Crippen LogP contribution < -0.4 is 10.6 Å². The van der Waals surface area contributed by atoms with Gasteiger partial charge in [-0.15, -0.1) is 0 Å². The zero-order chi connectivity index (χ0) is 14.1. The Labute approximate surface area is 115 Å². The predicted molar refractivity (Wildman–Crippen MR) is 77.2 cm³/mol. The SMILES string of the molecule is CC(c1ccccn1)N(C)c1nc(N)nc2nc[nH]c12. The number of anilines is 2. The van der Waals surface area contributed by atoms with Crippen LogP contribution in [0.4, 0.5) is 11.8 Å². The predicted octanol–water partition coefficient (Wildman–Crippen LogP) is 1.53. The molecule has 3 aromatic heterocycles. The van der Waals surface area contributed by atoms with E-state index in [1.165, 1.54) is 0 Å². The Morgan fingerprint density at radius 1 is 1.25 bits per heavy atom. The summed E-state index contributed by atoms with van der Waals surface area (Å²) in [6, 6.07) is 5.89. The molecule has 102 valence electrons. The van der Waals surface area contributed by atoms with Crippen LogP contribution in [-0.2, 0) is 0 Å². The van der Waals surface area contributed by atoms with Gasteiger partial charge < -0.3 is 15.6 Å². The first-order chi connectivity index (χ1) is 9.66. The van der Waals surface area contributed by atoms with Crippen molar-refractivity contribution in [2.75, 3.05) is 17.7 Å². The third-order valence-electron chi connectivity index (χ3n) is 3.31. The van der Waals surface area contributed by atoms with Crippen LogP contribution in [0.5, 0.6) is 0 Å². The van der Waals surface area contributed by atoms with Gasteiger partial charge in [-0.05, 0) is 19.1 Å². The summed E-state index contributed by atoms with van der Waals surface area (Å²) in [5.41, 5.74) is 8.03. The van der Waals surface area contributed by atoms with E-state index < -0.39 is 0 Å². The van der Waals surface area contributed by atoms with Crippen LogP contribution in [0.25, 0.3) is 11.2 Å². The number of nitrogen functional groups attached to an aromatic ring is 1. The second kappa shape index (κ2) is 4.76. The molecule has 1 atom stereocenters. The third-order valence-corrected chi connectivity index (χ3v) is 3.31. The Morgan fingerprint density at radius 2 is 2.10 bits per heavy atom. The van der Waals surface area contributed by atoms with Crippen LogP contribution >= 0.6 is 0 Å². The third kappa shape index (κ3) is 2.03. The summed E-state index contributed by atoms with van der Waals surface area (Å²) in [6.45, 7) is 2.06. The lowest BCUT2D eigenvalue weighted by molar-refractivity contribution is 0.707. The van der Waals surface area contributed by atoms with Gasteiger partial charge in [-0.3, -0.25) is 4.98 Å². The highest BCUT2D eigenvalue weighted by atomic mass is 15.2. The molecule has 0 aliphatic carbocycles. The Hall–Kier alpha value is -2.70. The standard InChI is InChI=1S/C13H15N7/c1-8(9-5-3-4-6-15-9)20(2)12-10-11(17-7-16-10)18-13(14)19-12/h3-8H,1-2H3,(H3,14,16,17,18,19). The number of nitrogens with two attached hydrogens (primary N) is 1. The lowest BCUT2D eigenvalue weighted by Gasteiger charge is -2.25. The normalized spacial score (nSPS) is 12.5. The van der Waals surface area contributed by atoms with Gasteiger partial charge >= 0.3 is 0 Å². The van der Waals surface area contributed by atoms with Gasteiger partial charge in [-0.25, -0.2) is 4.98 Å². The minimum Gasteiger partial charge on any atom is -0.368 e. The first-order valence-electron chi connectivity index (χ1n) is 6.27. The van der Waals surface area contributed by atoms with E-state index in [9.17, 15) is 0 Å². The van der Waals surface area contributed by atoms with E-state index in [1.54, 1.807) is 12.5 Å². The van der Waals surface area contributed by atoms with E-state index in [1.807, 2.05) is 30.1 Å². The van der Waals surface area contributed by atoms with Crippen molar-refractivity contribution in [3.05, 3.63) is 36.4 Å². The van der Waals surface area contributed by atoms with E-state index in [0.29, 0.717) is 11.5 Å². The van der Waals surface area contributed by atoms with Gasteiger partial charge in [-0.1, -0.05) is 6.07 Å². The first-order valence-corrected chi connectivity index (χ1v) is 6.27. The van der Waals surface area contributed by atoms with Crippen molar-refractivity contribution in [3.63, 3.8) is 0 Å². The average molecular weight is 269 g/mol. The highest BCUT2D eigenvalue weighted by Crippen LogP contribution is 2.27. The maximum atomic E-state index is 5.74. The molecule has 0 amide bonds. The number of nitrogens with zero attached hydrogens (tertiary/aromatic N) is 5. The summed E-state index contributed by atoms with van der Waals surface area (Å²) < 4.78 is 0. The number of nitrogens with one attached hydrogen (secondary N) is 1. The summed E-state index contributed by atoms with van der Waals surface area (Å²) >= 11 is 0. The summed E-state index contributed by atoms with van der Waals surface area (Å²) in [6.07, 6.45) is 3.36. The summed E-state index contributed by atoms with van der Waals surface area (Å²) in [5.74, 6) is 0.919. The van der Waals surface area contributed by atoms with Gasteiger partial charge in [0.15, 0.2) is 11.5 Å². The van der Waals surface area contributed by atoms with Crippen LogP contribution in [0.3, 0.4) is 0 Å². The summed E-state index contributed by atoms with van der Waals surface area (Å²) in [4.78, 5) is 22.0. The van der Waals surface area contributed by atoms with Crippen LogP contribution in [0.2, 0.25) is 0 Å². The summed E-state index contributed by atoms with van der Waals surface area (Å²) in [7, 11) is 1.95. The number of imidazole rings is 1. The Kier molecular flexibility index (Phi) is 2.94. The Bertz CT molecular complexity index is 722. The second-order valence-electron chi connectivity index (χ2n) is 4.55. The Morgan fingerprint density at radius 3 is 2.85 bits per heavy atom. The van der Waals surface area contributed by atoms with E-state index >= 15 is 0 Å². The van der Waals surface area contributed by atoms with Crippen molar-refractivity contribution >= 4 is 22.9 Å². The quantitative estimate of drug-likeness (QED) is 0.748. The van der Waals surface area contributed by atoms with Crippen molar-refractivity contribution in [1.29, 1.82) is 0 Å². The molecule has 7 heteroatoms. The fraction of sp³-hybridized carbons (Fsp3) is 0.231. The number of rotatable bonds is 3. The molecule has 0 aliphatic heterocycles. The minimum absolute atomic E-state index is 0.0528. The highest BCUT2D eigenvalue weighted by Gasteiger charge is 2.19. The van der Waals surface area contributed by atoms with Crippen molar-refractivity contribution < 1.29 is 0 Å². The molecule has 0 aromatic carbocycles. The molecule has 1 unspecified atom stereocenters. The van der Waals surface area contributed by atoms with E-state index in [0.717, 1.165) is 11.2 Å². The molecule has 0 fully saturated rings. The molecule has 3 rings (SSSR count). The molecule has 0 spiro atoms. The molecule has 3 heterocycles. The molecule has 0 bridgehead atoms. The molecule has 7 nitrogen and oxygen atoms in total. The number of hydrogen-bond acceptors (Lipinski definition) is 6. The highest BCUT2D eigenvalue weighted by molar-refractivity contribution is 5.84. The largest absolute Gasteiger partial charge is 0.368 e. The molecule has 0 saturated carbocycles. The first kappa shape index (κ1) is 12.3. The molecule has 20 heavy (non-hydrogen) atoms. The minimum atomic E-state index is 0.0528. The smallest absolute Gasteiger partial charge is 0.224 e. The van der Waals surface area contributed by atoms with Gasteiger partial charge in [0.25, 0.3) is 0 Å². The maximum absolute atomic E-state index is 5.74. The van der Waals surface area contributed by atoms with Gasteiger partial charge in [0.2, 0.25) is 5.95 Å². The van der Waals surface area contributed by atoms with Crippen molar-refractivity contribution in [2.45, 2.75) is 13.0 Å². The van der Waals surface area contributed by atoms with E-state index in [-0.39, 0.29) is 12.0 Å². The van der Waals surface area contributed by atoms with E-state index in [4.69, 9.17) is 5.73 Å². The monoisotopic (exact) mass is 269 g/mol. The summed E-state index contributed by atoms with van der Waals surface area (Å²) in [5, 5.41) is 0. The number of hydrogen-bond donors (Lipinski definition) is 2. The van der Waals surface area contributed by atoms with Crippen molar-refractivity contribution in [3.8, 4) is 0 Å². The topological polar surface area (TPSA) is 96.6 Å².